The Bertz CT molecular complexity index is 527. The van der Waals surface area contributed by atoms with Crippen LogP contribution in [0.1, 0.15) is 18.8 Å². The van der Waals surface area contributed by atoms with E-state index in [1.807, 2.05) is 14.0 Å². The van der Waals surface area contributed by atoms with Gasteiger partial charge in [0.2, 0.25) is 0 Å². The number of nitrogens with one attached hydrogen (secondary N) is 1. The zero-order valence-electron chi connectivity index (χ0n) is 9.35. The number of rotatable bonds is 3. The predicted octanol–water partition coefficient (Wildman–Crippen LogP) is 1.84. The van der Waals surface area contributed by atoms with Crippen molar-refractivity contribution in [3.05, 3.63) is 34.3 Å². The first-order valence-electron chi connectivity index (χ1n) is 5.04. The van der Waals surface area contributed by atoms with Gasteiger partial charge in [0, 0.05) is 0 Å². The standard InChI is InChI=1S/C10H11BrFN5/c1-6(13-2)10-14-15-16-17(10)7-3-4-9(12)8(11)5-7/h3-6,13H,1-2H3. The lowest BCUT2D eigenvalue weighted by Crippen LogP contribution is -2.17. The number of hydrogen-bond donors (Lipinski definition) is 1. The molecule has 1 aromatic heterocycles. The number of halogens is 2. The SMILES string of the molecule is CNC(C)c1nnnn1-c1ccc(F)c(Br)c1. The minimum Gasteiger partial charge on any atom is -0.311 e. The molecule has 0 amide bonds. The summed E-state index contributed by atoms with van der Waals surface area (Å²) in [7, 11) is 1.82. The molecule has 90 valence electrons. The van der Waals surface area contributed by atoms with Crippen molar-refractivity contribution in [1.29, 1.82) is 0 Å². The molecule has 0 aliphatic heterocycles. The zero-order valence-corrected chi connectivity index (χ0v) is 10.9. The van der Waals surface area contributed by atoms with Crippen LogP contribution in [-0.2, 0) is 0 Å². The van der Waals surface area contributed by atoms with Gasteiger partial charge in [-0.15, -0.1) is 5.10 Å². The van der Waals surface area contributed by atoms with E-state index in [1.165, 1.54) is 6.07 Å². The second-order valence-corrected chi connectivity index (χ2v) is 4.41. The van der Waals surface area contributed by atoms with Gasteiger partial charge in [0.1, 0.15) is 5.82 Å². The second kappa shape index (κ2) is 4.89. The fraction of sp³-hybridized carbons (Fsp3) is 0.300. The summed E-state index contributed by atoms with van der Waals surface area (Å²) in [4.78, 5) is 0. The largest absolute Gasteiger partial charge is 0.311 e. The first-order valence-corrected chi connectivity index (χ1v) is 5.83. The van der Waals surface area contributed by atoms with Gasteiger partial charge in [0.25, 0.3) is 0 Å². The van der Waals surface area contributed by atoms with Crippen LogP contribution in [0.3, 0.4) is 0 Å². The molecule has 1 heterocycles. The average Bonchev–Trinajstić information content (AvgIpc) is 2.80. The van der Waals surface area contributed by atoms with Gasteiger partial charge in [-0.1, -0.05) is 0 Å². The Hall–Kier alpha value is -1.34. The van der Waals surface area contributed by atoms with E-state index >= 15 is 0 Å². The highest BCUT2D eigenvalue weighted by molar-refractivity contribution is 9.10. The molecule has 0 aliphatic carbocycles. The highest BCUT2D eigenvalue weighted by Crippen LogP contribution is 2.20. The first-order chi connectivity index (χ1) is 8.13. The summed E-state index contributed by atoms with van der Waals surface area (Å²) in [5.74, 6) is 0.357. The molecule has 1 atom stereocenters. The van der Waals surface area contributed by atoms with Gasteiger partial charge in [0.05, 0.1) is 16.2 Å². The van der Waals surface area contributed by atoms with Gasteiger partial charge in [-0.2, -0.15) is 4.68 Å². The Morgan fingerprint density at radius 2 is 2.24 bits per heavy atom. The van der Waals surface area contributed by atoms with E-state index in [0.29, 0.717) is 16.0 Å². The van der Waals surface area contributed by atoms with Crippen LogP contribution < -0.4 is 5.32 Å². The lowest BCUT2D eigenvalue weighted by atomic mass is 10.3. The fourth-order valence-corrected chi connectivity index (χ4v) is 1.76. The Morgan fingerprint density at radius 1 is 1.47 bits per heavy atom. The minimum atomic E-state index is -0.315. The van der Waals surface area contributed by atoms with Crippen molar-refractivity contribution in [3.8, 4) is 5.69 Å². The van der Waals surface area contributed by atoms with Crippen molar-refractivity contribution in [3.63, 3.8) is 0 Å². The molecule has 0 saturated heterocycles. The first kappa shape index (κ1) is 12.1. The fourth-order valence-electron chi connectivity index (χ4n) is 1.39. The molecule has 2 rings (SSSR count). The summed E-state index contributed by atoms with van der Waals surface area (Å²) < 4.78 is 15.1. The number of nitrogens with zero attached hydrogens (tertiary/aromatic N) is 4. The maximum absolute atomic E-state index is 13.1. The Labute approximate surface area is 106 Å². The summed E-state index contributed by atoms with van der Waals surface area (Å²) in [6.07, 6.45) is 0. The third-order valence-corrected chi connectivity index (χ3v) is 3.07. The van der Waals surface area contributed by atoms with Crippen LogP contribution >= 0.6 is 15.9 Å². The van der Waals surface area contributed by atoms with Gasteiger partial charge in [-0.25, -0.2) is 4.39 Å². The maximum atomic E-state index is 13.1. The second-order valence-electron chi connectivity index (χ2n) is 3.56. The minimum absolute atomic E-state index is 0.00817. The van der Waals surface area contributed by atoms with Gasteiger partial charge in [0.15, 0.2) is 5.82 Å². The summed E-state index contributed by atoms with van der Waals surface area (Å²) in [6.45, 7) is 1.95. The molecule has 17 heavy (non-hydrogen) atoms. The van der Waals surface area contributed by atoms with Crippen LogP contribution in [0, 0.1) is 5.82 Å². The Balaban J connectivity index is 2.46. The summed E-state index contributed by atoms with van der Waals surface area (Å²) in [5, 5.41) is 14.5. The maximum Gasteiger partial charge on any atom is 0.173 e. The van der Waals surface area contributed by atoms with Gasteiger partial charge >= 0.3 is 0 Å². The van der Waals surface area contributed by atoms with E-state index in [4.69, 9.17) is 0 Å². The van der Waals surface area contributed by atoms with Crippen molar-refractivity contribution in [2.75, 3.05) is 7.05 Å². The highest BCUT2D eigenvalue weighted by Gasteiger charge is 2.14. The van der Waals surface area contributed by atoms with Crippen molar-refractivity contribution >= 4 is 15.9 Å². The Morgan fingerprint density at radius 3 is 2.88 bits per heavy atom. The molecular weight excluding hydrogens is 289 g/mol. The monoisotopic (exact) mass is 299 g/mol. The molecule has 5 nitrogen and oxygen atoms in total. The molecule has 0 saturated carbocycles. The zero-order chi connectivity index (χ0) is 12.4. The third-order valence-electron chi connectivity index (χ3n) is 2.46. The van der Waals surface area contributed by atoms with E-state index in [9.17, 15) is 4.39 Å². The molecule has 0 radical (unpaired) electrons. The molecule has 7 heteroatoms. The molecule has 2 aromatic rings. The molecular formula is C10H11BrFN5. The third kappa shape index (κ3) is 2.34. The van der Waals surface area contributed by atoms with Crippen molar-refractivity contribution in [1.82, 2.24) is 25.5 Å². The topological polar surface area (TPSA) is 55.6 Å². The van der Waals surface area contributed by atoms with Crippen molar-refractivity contribution in [2.45, 2.75) is 13.0 Å². The highest BCUT2D eigenvalue weighted by atomic mass is 79.9. The van der Waals surface area contributed by atoms with Crippen molar-refractivity contribution < 1.29 is 4.39 Å². The van der Waals surface area contributed by atoms with Gasteiger partial charge in [-0.05, 0) is 58.5 Å². The molecule has 1 N–H and O–H groups in total. The van der Waals surface area contributed by atoms with Crippen LogP contribution in [0.5, 0.6) is 0 Å². The summed E-state index contributed by atoms with van der Waals surface area (Å²) in [6, 6.07) is 4.64. The molecule has 0 spiro atoms. The van der Waals surface area contributed by atoms with Crippen LogP contribution in [-0.4, -0.2) is 27.3 Å². The van der Waals surface area contributed by atoms with E-state index in [-0.39, 0.29) is 11.9 Å². The van der Waals surface area contributed by atoms with Crippen molar-refractivity contribution in [2.24, 2.45) is 0 Å². The predicted molar refractivity (Wildman–Crippen MR) is 64.3 cm³/mol. The van der Waals surface area contributed by atoms with E-state index < -0.39 is 0 Å². The van der Waals surface area contributed by atoms with E-state index in [0.717, 1.165) is 0 Å². The summed E-state index contributed by atoms with van der Waals surface area (Å²) >= 11 is 3.14. The molecule has 1 aromatic carbocycles. The molecule has 1 unspecified atom stereocenters. The van der Waals surface area contributed by atoms with Crippen LogP contribution in [0.4, 0.5) is 4.39 Å². The van der Waals surface area contributed by atoms with E-state index in [2.05, 4.69) is 36.8 Å². The van der Waals surface area contributed by atoms with Crippen LogP contribution in [0.25, 0.3) is 5.69 Å². The average molecular weight is 300 g/mol. The Kier molecular flexibility index (Phi) is 3.49. The smallest absolute Gasteiger partial charge is 0.173 e. The van der Waals surface area contributed by atoms with E-state index in [1.54, 1.807) is 16.8 Å². The molecule has 0 bridgehead atoms. The van der Waals surface area contributed by atoms with Gasteiger partial charge in [-0.3, -0.25) is 0 Å². The number of tetrazole rings is 1. The number of hydrogen-bond acceptors (Lipinski definition) is 4. The van der Waals surface area contributed by atoms with Gasteiger partial charge < -0.3 is 5.32 Å². The number of benzene rings is 1. The number of aromatic nitrogens is 4. The molecule has 0 aliphatic rings. The van der Waals surface area contributed by atoms with Crippen LogP contribution in [0.15, 0.2) is 22.7 Å². The lowest BCUT2D eigenvalue weighted by molar-refractivity contribution is 0.587. The van der Waals surface area contributed by atoms with Crippen LogP contribution in [0.2, 0.25) is 0 Å². The summed E-state index contributed by atoms with van der Waals surface area (Å²) in [5.41, 5.74) is 0.709. The lowest BCUT2D eigenvalue weighted by Gasteiger charge is -2.10. The molecule has 0 fully saturated rings. The quantitative estimate of drug-likeness (QED) is 0.940. The normalized spacial score (nSPS) is 12.7.